The first-order valence-corrected chi connectivity index (χ1v) is 8.09. The summed E-state index contributed by atoms with van der Waals surface area (Å²) in [6, 6.07) is 3.06. The Morgan fingerprint density at radius 1 is 1.04 bits per heavy atom. The molecule has 0 aliphatic rings. The molecule has 0 atom stereocenters. The van der Waals surface area contributed by atoms with Crippen LogP contribution in [0.15, 0.2) is 12.1 Å². The van der Waals surface area contributed by atoms with Crippen molar-refractivity contribution in [3.05, 3.63) is 34.4 Å². The van der Waals surface area contributed by atoms with Crippen LogP contribution in [0.1, 0.15) is 89.0 Å². The summed E-state index contributed by atoms with van der Waals surface area (Å²) in [6.45, 7) is 13.3. The number of hydrogen-bond donors (Lipinski definition) is 0. The first kappa shape index (κ1) is 19.6. The Morgan fingerprint density at radius 3 is 1.78 bits per heavy atom. The number of hydrogen-bond acceptors (Lipinski definition) is 2. The van der Waals surface area contributed by atoms with Gasteiger partial charge in [-0.3, -0.25) is 4.79 Å². The van der Waals surface area contributed by atoms with E-state index in [4.69, 9.17) is 4.74 Å². The molecule has 0 aliphatic heterocycles. The summed E-state index contributed by atoms with van der Waals surface area (Å²) in [6.07, 6.45) is -2.40. The van der Waals surface area contributed by atoms with Crippen LogP contribution in [0.2, 0.25) is 0 Å². The molecule has 0 aromatic heterocycles. The molecule has 0 spiro atoms. The van der Waals surface area contributed by atoms with Crippen LogP contribution in [0.4, 0.5) is 8.78 Å². The van der Waals surface area contributed by atoms with Gasteiger partial charge in [-0.25, -0.2) is 8.78 Å². The number of benzene rings is 1. The van der Waals surface area contributed by atoms with E-state index in [0.717, 1.165) is 16.7 Å². The van der Waals surface area contributed by atoms with Crippen LogP contribution >= 0.6 is 0 Å². The molecule has 0 N–H and O–H groups in total. The topological polar surface area (TPSA) is 26.3 Å². The molecule has 0 fully saturated rings. The fourth-order valence-corrected chi connectivity index (χ4v) is 2.62. The van der Waals surface area contributed by atoms with E-state index in [-0.39, 0.29) is 29.8 Å². The molecule has 0 saturated carbocycles. The third-order valence-electron chi connectivity index (χ3n) is 3.58. The zero-order chi connectivity index (χ0) is 17.9. The molecule has 0 aliphatic carbocycles. The largest absolute Gasteiger partial charge is 0.460 e. The lowest BCUT2D eigenvalue weighted by molar-refractivity contribution is -0.153. The Hall–Kier alpha value is -1.45. The number of rotatable bonds is 5. The number of ether oxygens (including phenoxy) is 1. The molecular formula is C19H28F2O2. The van der Waals surface area contributed by atoms with Crippen LogP contribution in [0.5, 0.6) is 0 Å². The summed E-state index contributed by atoms with van der Waals surface area (Å²) in [5.41, 5.74) is 1.89. The minimum Gasteiger partial charge on any atom is -0.460 e. The molecule has 1 aromatic rings. The van der Waals surface area contributed by atoms with Gasteiger partial charge in [-0.05, 0) is 61.4 Å². The van der Waals surface area contributed by atoms with Gasteiger partial charge in [0.05, 0.1) is 6.42 Å². The van der Waals surface area contributed by atoms with Gasteiger partial charge >= 0.3 is 5.97 Å². The van der Waals surface area contributed by atoms with Crippen molar-refractivity contribution >= 4 is 5.97 Å². The molecule has 0 saturated heterocycles. The maximum atomic E-state index is 13.2. The number of halogens is 2. The van der Waals surface area contributed by atoms with Crippen molar-refractivity contribution in [3.8, 4) is 0 Å². The van der Waals surface area contributed by atoms with Crippen molar-refractivity contribution in [2.75, 3.05) is 0 Å². The highest BCUT2D eigenvalue weighted by Crippen LogP contribution is 2.33. The molecule has 4 heteroatoms. The predicted molar refractivity (Wildman–Crippen MR) is 89.1 cm³/mol. The van der Waals surface area contributed by atoms with Gasteiger partial charge in [0.1, 0.15) is 5.60 Å². The normalized spacial score (nSPS) is 12.3. The van der Waals surface area contributed by atoms with Gasteiger partial charge in [-0.2, -0.15) is 0 Å². The summed E-state index contributed by atoms with van der Waals surface area (Å²) in [4.78, 5) is 12.2. The first-order chi connectivity index (χ1) is 10.4. The van der Waals surface area contributed by atoms with Crippen molar-refractivity contribution in [1.29, 1.82) is 0 Å². The smallest absolute Gasteiger partial charge is 0.310 e. The van der Waals surface area contributed by atoms with E-state index in [0.29, 0.717) is 0 Å². The van der Waals surface area contributed by atoms with Gasteiger partial charge in [0.15, 0.2) is 0 Å². The molecule has 0 heterocycles. The highest BCUT2D eigenvalue weighted by Gasteiger charge is 2.23. The van der Waals surface area contributed by atoms with Gasteiger partial charge in [-0.15, -0.1) is 0 Å². The van der Waals surface area contributed by atoms with Crippen LogP contribution in [0, 0.1) is 0 Å². The van der Waals surface area contributed by atoms with E-state index >= 15 is 0 Å². The Balaban J connectivity index is 3.35. The van der Waals surface area contributed by atoms with Crippen LogP contribution in [0.25, 0.3) is 0 Å². The molecule has 0 bridgehead atoms. The Morgan fingerprint density at radius 2 is 1.48 bits per heavy atom. The fourth-order valence-electron chi connectivity index (χ4n) is 2.62. The van der Waals surface area contributed by atoms with E-state index in [1.807, 2.05) is 48.5 Å². The van der Waals surface area contributed by atoms with E-state index in [9.17, 15) is 13.6 Å². The monoisotopic (exact) mass is 326 g/mol. The second kappa shape index (κ2) is 7.41. The van der Waals surface area contributed by atoms with E-state index in [1.165, 1.54) is 12.1 Å². The number of esters is 1. The van der Waals surface area contributed by atoms with E-state index in [1.54, 1.807) is 0 Å². The van der Waals surface area contributed by atoms with Crippen LogP contribution in [-0.4, -0.2) is 11.6 Å². The highest BCUT2D eigenvalue weighted by atomic mass is 19.3. The summed E-state index contributed by atoms with van der Waals surface area (Å²) in [7, 11) is 0. The maximum Gasteiger partial charge on any atom is 0.310 e. The van der Waals surface area contributed by atoms with Crippen molar-refractivity contribution in [3.63, 3.8) is 0 Å². The third kappa shape index (κ3) is 5.60. The first-order valence-electron chi connectivity index (χ1n) is 8.09. The lowest BCUT2D eigenvalue weighted by Gasteiger charge is -2.24. The van der Waals surface area contributed by atoms with E-state index < -0.39 is 12.0 Å². The Kier molecular flexibility index (Phi) is 6.32. The Bertz CT molecular complexity index is 526. The fraction of sp³-hybridized carbons (Fsp3) is 0.632. The quantitative estimate of drug-likeness (QED) is 0.643. The third-order valence-corrected chi connectivity index (χ3v) is 3.58. The maximum absolute atomic E-state index is 13.2. The summed E-state index contributed by atoms with van der Waals surface area (Å²) < 4.78 is 31.8. The summed E-state index contributed by atoms with van der Waals surface area (Å²) in [5, 5.41) is 0. The second-order valence-corrected chi connectivity index (χ2v) is 7.55. The average molecular weight is 326 g/mol. The zero-order valence-corrected chi connectivity index (χ0v) is 15.2. The van der Waals surface area contributed by atoms with Gasteiger partial charge in [-0.1, -0.05) is 27.7 Å². The zero-order valence-electron chi connectivity index (χ0n) is 15.2. The molecule has 2 nitrogen and oxygen atoms in total. The average Bonchev–Trinajstić information content (AvgIpc) is 2.35. The lowest BCUT2D eigenvalue weighted by Crippen LogP contribution is -2.25. The molecule has 0 amide bonds. The molecule has 0 radical (unpaired) electrons. The second-order valence-electron chi connectivity index (χ2n) is 7.55. The van der Waals surface area contributed by atoms with Crippen LogP contribution < -0.4 is 0 Å². The van der Waals surface area contributed by atoms with Crippen molar-refractivity contribution in [2.45, 2.75) is 78.7 Å². The number of carbonyl (C=O) groups is 1. The molecule has 1 rings (SSSR count). The summed E-state index contributed by atoms with van der Waals surface area (Å²) in [5.74, 6) is -0.210. The minimum atomic E-state index is -2.51. The summed E-state index contributed by atoms with van der Waals surface area (Å²) >= 11 is 0. The molecule has 1 aromatic carbocycles. The van der Waals surface area contributed by atoms with Crippen LogP contribution in [0.3, 0.4) is 0 Å². The molecule has 23 heavy (non-hydrogen) atoms. The lowest BCUT2D eigenvalue weighted by atomic mass is 9.85. The van der Waals surface area contributed by atoms with Crippen LogP contribution in [-0.2, 0) is 16.0 Å². The van der Waals surface area contributed by atoms with Crippen molar-refractivity contribution < 1.29 is 18.3 Å². The van der Waals surface area contributed by atoms with Gasteiger partial charge in [0.2, 0.25) is 0 Å². The highest BCUT2D eigenvalue weighted by molar-refractivity contribution is 5.74. The van der Waals surface area contributed by atoms with Crippen molar-refractivity contribution in [2.24, 2.45) is 0 Å². The SMILES string of the molecule is CC(C)c1cc(C(F)F)cc(C(C)C)c1CC(=O)OC(C)(C)C. The molecule has 0 unspecified atom stereocenters. The number of alkyl halides is 2. The van der Waals surface area contributed by atoms with Gasteiger partial charge in [0, 0.05) is 5.56 Å². The predicted octanol–water partition coefficient (Wildman–Crippen LogP) is 5.76. The van der Waals surface area contributed by atoms with Gasteiger partial charge in [0.25, 0.3) is 6.43 Å². The molecule has 130 valence electrons. The standard InChI is InChI=1S/C19H28F2O2/c1-11(2)14-8-13(18(20)21)9-15(12(3)4)16(14)10-17(22)23-19(5,6)7/h8-9,11-12,18H,10H2,1-7H3. The van der Waals surface area contributed by atoms with Crippen molar-refractivity contribution in [1.82, 2.24) is 0 Å². The number of carbonyl (C=O) groups excluding carboxylic acids is 1. The Labute approximate surface area is 138 Å². The van der Waals surface area contributed by atoms with E-state index in [2.05, 4.69) is 0 Å². The van der Waals surface area contributed by atoms with Gasteiger partial charge < -0.3 is 4.74 Å². The minimum absolute atomic E-state index is 0.0188. The molecular weight excluding hydrogens is 298 g/mol.